The molecule has 3 heterocycles. The molecule has 1 aliphatic heterocycles. The van der Waals surface area contributed by atoms with Crippen molar-refractivity contribution in [3.05, 3.63) is 47.2 Å². The molecule has 0 spiro atoms. The van der Waals surface area contributed by atoms with Crippen molar-refractivity contribution in [3.8, 4) is 0 Å². The highest BCUT2D eigenvalue weighted by molar-refractivity contribution is 14.0. The fourth-order valence-corrected chi connectivity index (χ4v) is 3.64. The first kappa shape index (κ1) is 21.6. The minimum absolute atomic E-state index is 0. The number of fused-ring (bicyclic) bond motifs is 2. The Morgan fingerprint density at radius 3 is 2.86 bits per heavy atom. The van der Waals surface area contributed by atoms with Crippen LogP contribution < -0.4 is 10.6 Å². The number of halogens is 1. The van der Waals surface area contributed by atoms with Gasteiger partial charge in [0.25, 0.3) is 0 Å². The highest BCUT2D eigenvalue weighted by Gasteiger charge is 2.23. The standard InChI is InChI=1S/C21H28N6O.HI/c1-13(2)20-25-19-10-9-15(12-27(19)26-20)24-21(22-4)23-11-18-14(3)16-7-5-6-8-17(16)28-18;/h5-8,13,15H,9-12H2,1-4H3,(H2,22,23,24);1H. The molecule has 8 heteroatoms. The minimum Gasteiger partial charge on any atom is -0.459 e. The molecule has 0 saturated heterocycles. The van der Waals surface area contributed by atoms with Crippen molar-refractivity contribution in [2.75, 3.05) is 7.05 Å². The van der Waals surface area contributed by atoms with Gasteiger partial charge in [0.2, 0.25) is 0 Å². The van der Waals surface area contributed by atoms with E-state index in [-0.39, 0.29) is 30.0 Å². The van der Waals surface area contributed by atoms with Gasteiger partial charge < -0.3 is 15.1 Å². The molecular weight excluding hydrogens is 479 g/mol. The summed E-state index contributed by atoms with van der Waals surface area (Å²) in [5.41, 5.74) is 2.09. The zero-order chi connectivity index (χ0) is 19.7. The zero-order valence-electron chi connectivity index (χ0n) is 17.4. The monoisotopic (exact) mass is 508 g/mol. The zero-order valence-corrected chi connectivity index (χ0v) is 19.7. The van der Waals surface area contributed by atoms with E-state index >= 15 is 0 Å². The van der Waals surface area contributed by atoms with Crippen molar-refractivity contribution in [2.24, 2.45) is 4.99 Å². The van der Waals surface area contributed by atoms with Gasteiger partial charge in [-0.1, -0.05) is 32.0 Å². The molecule has 0 bridgehead atoms. The Labute approximate surface area is 188 Å². The number of aryl methyl sites for hydroxylation is 2. The number of guanidine groups is 1. The number of rotatable bonds is 4. The van der Waals surface area contributed by atoms with Crippen LogP contribution in [-0.2, 0) is 19.5 Å². The van der Waals surface area contributed by atoms with Crippen molar-refractivity contribution in [1.82, 2.24) is 25.4 Å². The Morgan fingerprint density at radius 2 is 2.14 bits per heavy atom. The van der Waals surface area contributed by atoms with Gasteiger partial charge in [-0.2, -0.15) is 5.10 Å². The second kappa shape index (κ2) is 9.15. The van der Waals surface area contributed by atoms with Gasteiger partial charge in [-0.15, -0.1) is 24.0 Å². The molecule has 1 aliphatic rings. The number of hydrogen-bond donors (Lipinski definition) is 2. The highest BCUT2D eigenvalue weighted by atomic mass is 127. The Morgan fingerprint density at radius 1 is 1.34 bits per heavy atom. The average molecular weight is 508 g/mol. The Balaban J connectivity index is 0.00000240. The molecule has 2 aromatic heterocycles. The van der Waals surface area contributed by atoms with Crippen molar-refractivity contribution in [2.45, 2.75) is 58.7 Å². The van der Waals surface area contributed by atoms with Gasteiger partial charge in [0.05, 0.1) is 13.1 Å². The van der Waals surface area contributed by atoms with Crippen LogP contribution in [0.4, 0.5) is 0 Å². The predicted molar refractivity (Wildman–Crippen MR) is 126 cm³/mol. The molecule has 0 saturated carbocycles. The summed E-state index contributed by atoms with van der Waals surface area (Å²) in [5, 5.41) is 12.7. The van der Waals surface area contributed by atoms with E-state index in [1.807, 2.05) is 22.9 Å². The molecule has 156 valence electrons. The van der Waals surface area contributed by atoms with Gasteiger partial charge in [-0.25, -0.2) is 9.67 Å². The average Bonchev–Trinajstić information content (AvgIpc) is 3.26. The van der Waals surface area contributed by atoms with Crippen LogP contribution in [0, 0.1) is 6.92 Å². The number of hydrogen-bond acceptors (Lipinski definition) is 4. The van der Waals surface area contributed by atoms with E-state index in [9.17, 15) is 0 Å². The number of nitrogens with one attached hydrogen (secondary N) is 2. The van der Waals surface area contributed by atoms with Gasteiger partial charge >= 0.3 is 0 Å². The van der Waals surface area contributed by atoms with Crippen LogP contribution in [0.3, 0.4) is 0 Å². The summed E-state index contributed by atoms with van der Waals surface area (Å²) in [5.74, 6) is 4.08. The summed E-state index contributed by atoms with van der Waals surface area (Å²) in [6, 6.07) is 8.40. The van der Waals surface area contributed by atoms with Crippen LogP contribution in [0.25, 0.3) is 11.0 Å². The quantitative estimate of drug-likeness (QED) is 0.319. The van der Waals surface area contributed by atoms with Gasteiger partial charge in [-0.05, 0) is 19.4 Å². The largest absolute Gasteiger partial charge is 0.459 e. The second-order valence-corrected chi connectivity index (χ2v) is 7.68. The summed E-state index contributed by atoms with van der Waals surface area (Å²) < 4.78 is 8.02. The molecule has 1 atom stereocenters. The third kappa shape index (κ3) is 4.57. The number of aromatic nitrogens is 3. The minimum atomic E-state index is 0. The van der Waals surface area contributed by atoms with E-state index < -0.39 is 0 Å². The molecular formula is C21H29IN6O. The van der Waals surface area contributed by atoms with Crippen LogP contribution in [0.2, 0.25) is 0 Å². The summed E-state index contributed by atoms with van der Waals surface area (Å²) in [6.07, 6.45) is 1.94. The maximum Gasteiger partial charge on any atom is 0.191 e. The van der Waals surface area contributed by atoms with E-state index in [4.69, 9.17) is 4.42 Å². The Kier molecular flexibility index (Phi) is 6.81. The van der Waals surface area contributed by atoms with Crippen molar-refractivity contribution >= 4 is 40.9 Å². The molecule has 2 N–H and O–H groups in total. The predicted octanol–water partition coefficient (Wildman–Crippen LogP) is 3.75. The lowest BCUT2D eigenvalue weighted by molar-refractivity contribution is 0.391. The van der Waals surface area contributed by atoms with Crippen LogP contribution in [0.1, 0.15) is 49.2 Å². The molecule has 0 aliphatic carbocycles. The summed E-state index contributed by atoms with van der Waals surface area (Å²) >= 11 is 0. The van der Waals surface area contributed by atoms with E-state index in [1.165, 1.54) is 5.56 Å². The molecule has 0 amide bonds. The summed E-state index contributed by atoms with van der Waals surface area (Å²) in [6.45, 7) is 7.75. The first-order valence-corrected chi connectivity index (χ1v) is 9.93. The highest BCUT2D eigenvalue weighted by Crippen LogP contribution is 2.24. The van der Waals surface area contributed by atoms with Crippen LogP contribution in [-0.4, -0.2) is 33.8 Å². The number of benzene rings is 1. The van der Waals surface area contributed by atoms with Crippen molar-refractivity contribution in [3.63, 3.8) is 0 Å². The van der Waals surface area contributed by atoms with E-state index in [2.05, 4.69) is 52.5 Å². The molecule has 1 unspecified atom stereocenters. The van der Waals surface area contributed by atoms with Crippen LogP contribution in [0.5, 0.6) is 0 Å². The van der Waals surface area contributed by atoms with E-state index in [0.717, 1.165) is 53.7 Å². The lowest BCUT2D eigenvalue weighted by atomic mass is 10.1. The Bertz CT molecular complexity index is 1010. The first-order valence-electron chi connectivity index (χ1n) is 9.93. The SMILES string of the molecule is CN=C(NCc1oc2ccccc2c1C)NC1CCc2nc(C(C)C)nn2C1.I. The maximum atomic E-state index is 5.99. The molecule has 29 heavy (non-hydrogen) atoms. The maximum absolute atomic E-state index is 5.99. The second-order valence-electron chi connectivity index (χ2n) is 7.68. The molecule has 4 rings (SSSR count). The van der Waals surface area contributed by atoms with Crippen LogP contribution in [0.15, 0.2) is 33.7 Å². The van der Waals surface area contributed by atoms with Crippen molar-refractivity contribution in [1.29, 1.82) is 0 Å². The number of para-hydroxylation sites is 1. The molecule has 7 nitrogen and oxygen atoms in total. The van der Waals surface area contributed by atoms with Crippen LogP contribution >= 0.6 is 24.0 Å². The van der Waals surface area contributed by atoms with Gasteiger partial charge in [0, 0.05) is 36.4 Å². The smallest absolute Gasteiger partial charge is 0.191 e. The van der Waals surface area contributed by atoms with E-state index in [0.29, 0.717) is 12.5 Å². The lowest BCUT2D eigenvalue weighted by Crippen LogP contribution is -2.46. The topological polar surface area (TPSA) is 80.3 Å². The molecule has 0 radical (unpaired) electrons. The Hall–Kier alpha value is -2.10. The normalized spacial score (nSPS) is 16.6. The first-order chi connectivity index (χ1) is 13.5. The summed E-state index contributed by atoms with van der Waals surface area (Å²) in [4.78, 5) is 9.03. The van der Waals surface area contributed by atoms with Gasteiger partial charge in [0.15, 0.2) is 11.8 Å². The fourth-order valence-electron chi connectivity index (χ4n) is 3.64. The number of furan rings is 1. The molecule has 0 fully saturated rings. The lowest BCUT2D eigenvalue weighted by Gasteiger charge is -2.25. The summed E-state index contributed by atoms with van der Waals surface area (Å²) in [7, 11) is 1.79. The molecule has 1 aromatic carbocycles. The molecule has 3 aromatic rings. The number of nitrogens with zero attached hydrogens (tertiary/aromatic N) is 4. The van der Waals surface area contributed by atoms with Crippen molar-refractivity contribution < 1.29 is 4.42 Å². The van der Waals surface area contributed by atoms with E-state index in [1.54, 1.807) is 7.05 Å². The third-order valence-corrected chi connectivity index (χ3v) is 5.31. The van der Waals surface area contributed by atoms with Gasteiger partial charge in [-0.3, -0.25) is 4.99 Å². The van der Waals surface area contributed by atoms with Gasteiger partial charge in [0.1, 0.15) is 17.2 Å². The fraction of sp³-hybridized carbons (Fsp3) is 0.476. The number of aliphatic imine (C=N–C) groups is 1. The third-order valence-electron chi connectivity index (χ3n) is 5.31.